The number of carbonyl (C=O) groups excluding carboxylic acids is 2. The average Bonchev–Trinajstić information content (AvgIpc) is 2.46. The van der Waals surface area contributed by atoms with E-state index in [0.29, 0.717) is 32.6 Å². The van der Waals surface area contributed by atoms with Crippen LogP contribution < -0.4 is 16.4 Å². The topological polar surface area (TPSA) is 93.5 Å². The van der Waals surface area contributed by atoms with Gasteiger partial charge in [-0.2, -0.15) is 0 Å². The number of hydrogen-bond acceptors (Lipinski definition) is 4. The molecule has 0 saturated carbocycles. The summed E-state index contributed by atoms with van der Waals surface area (Å²) < 4.78 is 5.29. The van der Waals surface area contributed by atoms with Crippen LogP contribution in [-0.4, -0.2) is 43.7 Å². The number of piperidine rings is 1. The molecule has 4 N–H and O–H groups in total. The molecule has 1 unspecified atom stereocenters. The van der Waals surface area contributed by atoms with Gasteiger partial charge in [0, 0.05) is 19.8 Å². The lowest BCUT2D eigenvalue weighted by atomic mass is 9.79. The molecule has 2 aliphatic heterocycles. The standard InChI is InChI=1S/C14H25N3O3/c1-13(4-2-3-7-17-13)12(19)16-10-14(11(15)18)5-8-20-9-6-14/h17H,2-10H2,1H3,(H2,15,18)(H,16,19). The summed E-state index contributed by atoms with van der Waals surface area (Å²) in [5.74, 6) is -0.382. The molecule has 0 aromatic carbocycles. The van der Waals surface area contributed by atoms with E-state index < -0.39 is 11.0 Å². The molecule has 20 heavy (non-hydrogen) atoms. The summed E-state index contributed by atoms with van der Waals surface area (Å²) in [4.78, 5) is 24.1. The first-order valence-corrected chi connectivity index (χ1v) is 7.40. The van der Waals surface area contributed by atoms with Gasteiger partial charge in [-0.25, -0.2) is 0 Å². The van der Waals surface area contributed by atoms with E-state index in [1.54, 1.807) is 0 Å². The molecule has 6 heteroatoms. The lowest BCUT2D eigenvalue weighted by Crippen LogP contribution is -2.59. The monoisotopic (exact) mass is 283 g/mol. The van der Waals surface area contributed by atoms with Crippen LogP contribution in [0.5, 0.6) is 0 Å². The maximum absolute atomic E-state index is 12.4. The highest BCUT2D eigenvalue weighted by molar-refractivity contribution is 5.87. The first kappa shape index (κ1) is 15.3. The van der Waals surface area contributed by atoms with Crippen molar-refractivity contribution >= 4 is 11.8 Å². The molecule has 0 radical (unpaired) electrons. The zero-order valence-electron chi connectivity index (χ0n) is 12.2. The Labute approximate surface area is 119 Å². The molecule has 0 aromatic rings. The summed E-state index contributed by atoms with van der Waals surface area (Å²) in [7, 11) is 0. The number of nitrogens with one attached hydrogen (secondary N) is 2. The second-order valence-electron chi connectivity index (χ2n) is 6.16. The van der Waals surface area contributed by atoms with Gasteiger partial charge >= 0.3 is 0 Å². The summed E-state index contributed by atoms with van der Waals surface area (Å²) in [6, 6.07) is 0. The highest BCUT2D eigenvalue weighted by atomic mass is 16.5. The summed E-state index contributed by atoms with van der Waals surface area (Å²) >= 11 is 0. The lowest BCUT2D eigenvalue weighted by molar-refractivity contribution is -0.135. The third-order valence-electron chi connectivity index (χ3n) is 4.68. The third-order valence-corrected chi connectivity index (χ3v) is 4.68. The van der Waals surface area contributed by atoms with E-state index in [2.05, 4.69) is 10.6 Å². The molecular formula is C14H25N3O3. The first-order valence-electron chi connectivity index (χ1n) is 7.40. The molecule has 1 atom stereocenters. The fraction of sp³-hybridized carbons (Fsp3) is 0.857. The minimum absolute atomic E-state index is 0.0377. The number of ether oxygens (including phenoxy) is 1. The Hall–Kier alpha value is -1.14. The lowest BCUT2D eigenvalue weighted by Gasteiger charge is -2.37. The van der Waals surface area contributed by atoms with Gasteiger partial charge in [-0.15, -0.1) is 0 Å². The van der Waals surface area contributed by atoms with Crippen LogP contribution >= 0.6 is 0 Å². The van der Waals surface area contributed by atoms with Crippen LogP contribution in [0.4, 0.5) is 0 Å². The van der Waals surface area contributed by atoms with Crippen LogP contribution in [0, 0.1) is 5.41 Å². The van der Waals surface area contributed by atoms with Crippen LogP contribution in [0.2, 0.25) is 0 Å². The average molecular weight is 283 g/mol. The van der Waals surface area contributed by atoms with Crippen LogP contribution in [0.25, 0.3) is 0 Å². The molecule has 0 aliphatic carbocycles. The Balaban J connectivity index is 1.95. The van der Waals surface area contributed by atoms with E-state index in [1.807, 2.05) is 6.92 Å². The first-order chi connectivity index (χ1) is 9.49. The fourth-order valence-corrected chi connectivity index (χ4v) is 2.97. The zero-order chi connectivity index (χ0) is 14.6. The Kier molecular flexibility index (Phi) is 4.65. The van der Waals surface area contributed by atoms with Crippen molar-refractivity contribution in [1.29, 1.82) is 0 Å². The molecule has 2 fully saturated rings. The van der Waals surface area contributed by atoms with Crippen molar-refractivity contribution in [2.24, 2.45) is 11.1 Å². The van der Waals surface area contributed by atoms with Crippen molar-refractivity contribution < 1.29 is 14.3 Å². The number of nitrogens with two attached hydrogens (primary N) is 1. The van der Waals surface area contributed by atoms with Gasteiger partial charge < -0.3 is 21.1 Å². The summed E-state index contributed by atoms with van der Waals surface area (Å²) in [6.07, 6.45) is 4.13. The fourth-order valence-electron chi connectivity index (χ4n) is 2.97. The van der Waals surface area contributed by atoms with Crippen LogP contribution in [0.15, 0.2) is 0 Å². The van der Waals surface area contributed by atoms with E-state index in [0.717, 1.165) is 25.8 Å². The SMILES string of the molecule is CC1(C(=O)NCC2(C(N)=O)CCOCC2)CCCCN1. The maximum Gasteiger partial charge on any atom is 0.240 e. The second-order valence-corrected chi connectivity index (χ2v) is 6.16. The number of hydrogen-bond donors (Lipinski definition) is 3. The van der Waals surface area contributed by atoms with Crippen molar-refractivity contribution in [3.8, 4) is 0 Å². The highest BCUT2D eigenvalue weighted by Gasteiger charge is 2.41. The summed E-state index contributed by atoms with van der Waals surface area (Å²) in [5, 5.41) is 6.20. The molecular weight excluding hydrogens is 258 g/mol. The van der Waals surface area contributed by atoms with Gasteiger partial charge in [-0.3, -0.25) is 9.59 Å². The largest absolute Gasteiger partial charge is 0.381 e. The van der Waals surface area contributed by atoms with E-state index in [-0.39, 0.29) is 11.8 Å². The quantitative estimate of drug-likeness (QED) is 0.672. The van der Waals surface area contributed by atoms with Gasteiger partial charge in [-0.1, -0.05) is 0 Å². The number of amides is 2. The normalized spacial score (nSPS) is 29.6. The smallest absolute Gasteiger partial charge is 0.240 e. The Bertz CT molecular complexity index is 372. The van der Waals surface area contributed by atoms with Gasteiger partial charge in [0.25, 0.3) is 0 Å². The highest BCUT2D eigenvalue weighted by Crippen LogP contribution is 2.29. The zero-order valence-corrected chi connectivity index (χ0v) is 12.2. The van der Waals surface area contributed by atoms with Gasteiger partial charge in [0.1, 0.15) is 0 Å². The molecule has 2 aliphatic rings. The molecule has 0 spiro atoms. The van der Waals surface area contributed by atoms with Crippen molar-refractivity contribution in [3.05, 3.63) is 0 Å². The second kappa shape index (κ2) is 6.10. The van der Waals surface area contributed by atoms with Crippen molar-refractivity contribution in [1.82, 2.24) is 10.6 Å². The van der Waals surface area contributed by atoms with E-state index >= 15 is 0 Å². The molecule has 0 bridgehead atoms. The third kappa shape index (κ3) is 3.12. The van der Waals surface area contributed by atoms with Crippen LogP contribution in [-0.2, 0) is 14.3 Å². The Morgan fingerprint density at radius 3 is 2.50 bits per heavy atom. The molecule has 6 nitrogen and oxygen atoms in total. The number of primary amides is 1. The maximum atomic E-state index is 12.4. The molecule has 2 saturated heterocycles. The minimum atomic E-state index is -0.654. The van der Waals surface area contributed by atoms with Gasteiger partial charge in [0.15, 0.2) is 0 Å². The van der Waals surface area contributed by atoms with Gasteiger partial charge in [0.05, 0.1) is 11.0 Å². The predicted octanol–water partition coefficient (Wildman–Crippen LogP) is -0.0831. The van der Waals surface area contributed by atoms with Gasteiger partial charge in [0.2, 0.25) is 11.8 Å². The van der Waals surface area contributed by atoms with E-state index in [4.69, 9.17) is 10.5 Å². The number of carbonyl (C=O) groups is 2. The molecule has 2 heterocycles. The van der Waals surface area contributed by atoms with E-state index in [1.165, 1.54) is 0 Å². The number of rotatable bonds is 4. The molecule has 2 amide bonds. The Morgan fingerprint density at radius 2 is 1.95 bits per heavy atom. The Morgan fingerprint density at radius 1 is 1.25 bits per heavy atom. The van der Waals surface area contributed by atoms with Crippen molar-refractivity contribution in [2.75, 3.05) is 26.3 Å². The molecule has 0 aromatic heterocycles. The van der Waals surface area contributed by atoms with Crippen molar-refractivity contribution in [3.63, 3.8) is 0 Å². The molecule has 2 rings (SSSR count). The summed E-state index contributed by atoms with van der Waals surface area (Å²) in [5.41, 5.74) is 4.36. The van der Waals surface area contributed by atoms with Crippen molar-refractivity contribution in [2.45, 2.75) is 44.6 Å². The van der Waals surface area contributed by atoms with Gasteiger partial charge in [-0.05, 0) is 45.6 Å². The van der Waals surface area contributed by atoms with Crippen LogP contribution in [0.3, 0.4) is 0 Å². The van der Waals surface area contributed by atoms with Crippen LogP contribution in [0.1, 0.15) is 39.0 Å². The van der Waals surface area contributed by atoms with E-state index in [9.17, 15) is 9.59 Å². The molecule has 114 valence electrons. The predicted molar refractivity (Wildman–Crippen MR) is 74.9 cm³/mol. The summed E-state index contributed by atoms with van der Waals surface area (Å²) in [6.45, 7) is 4.13. The minimum Gasteiger partial charge on any atom is -0.381 e.